The molecule has 1 atom stereocenters. The molecule has 3 N–H and O–H groups in total. The minimum atomic E-state index is -3.64. The summed E-state index contributed by atoms with van der Waals surface area (Å²) in [6.45, 7) is 3.21. The molecule has 1 aliphatic heterocycles. The van der Waals surface area contributed by atoms with Crippen molar-refractivity contribution in [3.05, 3.63) is 17.3 Å². The first kappa shape index (κ1) is 15.5. The second-order valence-corrected chi connectivity index (χ2v) is 7.02. The highest BCUT2D eigenvalue weighted by molar-refractivity contribution is 7.89. The Balaban J connectivity index is 2.11. The molecule has 6 nitrogen and oxygen atoms in total. The van der Waals surface area contributed by atoms with Gasteiger partial charge in [-0.2, -0.15) is 0 Å². The highest BCUT2D eigenvalue weighted by Crippen LogP contribution is 2.22. The summed E-state index contributed by atoms with van der Waals surface area (Å²) in [6.07, 6.45) is 2.91. The average Bonchev–Trinajstić information content (AvgIpc) is 2.42. The van der Waals surface area contributed by atoms with Gasteiger partial charge in [0, 0.05) is 25.5 Å². The standard InChI is InChI=1S/C12H18ClN3O3S/c1-8(9-2-4-19-5-3-9)16-20(17,18)10-6-11(13)12(14)15-7-10/h6-9,16H,2-5H2,1H3,(H2,14,15). The van der Waals surface area contributed by atoms with Crippen molar-refractivity contribution in [1.29, 1.82) is 0 Å². The molecule has 0 aliphatic carbocycles. The van der Waals surface area contributed by atoms with Gasteiger partial charge in [0.2, 0.25) is 10.0 Å². The number of nitrogens with zero attached hydrogens (tertiary/aromatic N) is 1. The largest absolute Gasteiger partial charge is 0.382 e. The van der Waals surface area contributed by atoms with Crippen molar-refractivity contribution >= 4 is 27.4 Å². The number of nitrogens with one attached hydrogen (secondary N) is 1. The lowest BCUT2D eigenvalue weighted by molar-refractivity contribution is 0.0585. The Morgan fingerprint density at radius 3 is 2.75 bits per heavy atom. The monoisotopic (exact) mass is 319 g/mol. The van der Waals surface area contributed by atoms with E-state index in [9.17, 15) is 8.42 Å². The van der Waals surface area contributed by atoms with Crippen LogP contribution in [0.5, 0.6) is 0 Å². The van der Waals surface area contributed by atoms with Gasteiger partial charge in [0.1, 0.15) is 10.7 Å². The summed E-state index contributed by atoms with van der Waals surface area (Å²) in [5.41, 5.74) is 5.48. The summed E-state index contributed by atoms with van der Waals surface area (Å²) in [6, 6.07) is 1.14. The van der Waals surface area contributed by atoms with Crippen LogP contribution in [0.25, 0.3) is 0 Å². The van der Waals surface area contributed by atoms with Crippen molar-refractivity contribution in [1.82, 2.24) is 9.71 Å². The van der Waals surface area contributed by atoms with Gasteiger partial charge in [0.05, 0.1) is 5.02 Å². The molecule has 1 aliphatic rings. The molecule has 8 heteroatoms. The number of halogens is 1. The molecule has 2 heterocycles. The first-order chi connectivity index (χ1) is 9.40. The molecule has 2 rings (SSSR count). The zero-order valence-corrected chi connectivity index (χ0v) is 12.7. The molecule has 1 unspecified atom stereocenters. The molecule has 1 aromatic heterocycles. The maximum atomic E-state index is 12.3. The van der Waals surface area contributed by atoms with Gasteiger partial charge in [-0.05, 0) is 31.7 Å². The summed E-state index contributed by atoms with van der Waals surface area (Å²) in [7, 11) is -3.64. The molecule has 0 radical (unpaired) electrons. The van der Waals surface area contributed by atoms with Crippen LogP contribution in [-0.2, 0) is 14.8 Å². The first-order valence-electron chi connectivity index (χ1n) is 6.41. The SMILES string of the molecule is CC(NS(=O)(=O)c1cnc(N)c(Cl)c1)C1CCOCC1. The van der Waals surface area contributed by atoms with Crippen molar-refractivity contribution in [2.24, 2.45) is 5.92 Å². The quantitative estimate of drug-likeness (QED) is 0.875. The number of nitrogen functional groups attached to an aromatic ring is 1. The Bertz CT molecular complexity index is 573. The molecule has 1 aromatic rings. The van der Waals surface area contributed by atoms with Gasteiger partial charge in [-0.3, -0.25) is 0 Å². The van der Waals surface area contributed by atoms with Gasteiger partial charge < -0.3 is 10.5 Å². The topological polar surface area (TPSA) is 94.3 Å². The molecule has 1 saturated heterocycles. The fourth-order valence-electron chi connectivity index (χ4n) is 2.20. The highest BCUT2D eigenvalue weighted by atomic mass is 35.5. The summed E-state index contributed by atoms with van der Waals surface area (Å²) in [4.78, 5) is 3.80. The molecule has 0 amide bonds. The zero-order chi connectivity index (χ0) is 14.8. The van der Waals surface area contributed by atoms with E-state index in [1.54, 1.807) is 0 Å². The van der Waals surface area contributed by atoms with Crippen molar-refractivity contribution in [3.63, 3.8) is 0 Å². The van der Waals surface area contributed by atoms with Crippen LogP contribution in [0.4, 0.5) is 5.82 Å². The van der Waals surface area contributed by atoms with Crippen LogP contribution >= 0.6 is 11.6 Å². The summed E-state index contributed by atoms with van der Waals surface area (Å²) in [5, 5.41) is 0.131. The number of sulfonamides is 1. The van der Waals surface area contributed by atoms with E-state index >= 15 is 0 Å². The Labute approximate surface area is 123 Å². The van der Waals surface area contributed by atoms with Gasteiger partial charge in [0.15, 0.2) is 0 Å². The third-order valence-electron chi connectivity index (χ3n) is 3.47. The number of pyridine rings is 1. The van der Waals surface area contributed by atoms with Crippen molar-refractivity contribution in [3.8, 4) is 0 Å². The number of hydrogen-bond acceptors (Lipinski definition) is 5. The van der Waals surface area contributed by atoms with Crippen LogP contribution < -0.4 is 10.5 Å². The number of aromatic nitrogens is 1. The fraction of sp³-hybridized carbons (Fsp3) is 0.583. The second-order valence-electron chi connectivity index (χ2n) is 4.90. The Hall–Kier alpha value is -0.890. The third kappa shape index (κ3) is 3.60. The number of nitrogens with two attached hydrogens (primary N) is 1. The lowest BCUT2D eigenvalue weighted by Crippen LogP contribution is -2.40. The van der Waals surface area contributed by atoms with E-state index in [2.05, 4.69) is 9.71 Å². The van der Waals surface area contributed by atoms with Crippen molar-refractivity contribution < 1.29 is 13.2 Å². The Morgan fingerprint density at radius 1 is 1.50 bits per heavy atom. The Morgan fingerprint density at radius 2 is 2.15 bits per heavy atom. The van der Waals surface area contributed by atoms with Crippen LogP contribution in [-0.4, -0.2) is 32.7 Å². The van der Waals surface area contributed by atoms with Crippen LogP contribution in [0.15, 0.2) is 17.2 Å². The predicted molar refractivity (Wildman–Crippen MR) is 77.0 cm³/mol. The molecule has 0 bridgehead atoms. The van der Waals surface area contributed by atoms with Gasteiger partial charge in [-0.1, -0.05) is 11.6 Å². The Kier molecular flexibility index (Phi) is 4.85. The second kappa shape index (κ2) is 6.26. The van der Waals surface area contributed by atoms with E-state index in [0.29, 0.717) is 13.2 Å². The van der Waals surface area contributed by atoms with E-state index in [1.165, 1.54) is 12.3 Å². The molecular formula is C12H18ClN3O3S. The third-order valence-corrected chi connectivity index (χ3v) is 5.30. The first-order valence-corrected chi connectivity index (χ1v) is 8.27. The molecule has 0 aromatic carbocycles. The maximum absolute atomic E-state index is 12.3. The summed E-state index contributed by atoms with van der Waals surface area (Å²) < 4.78 is 32.5. The van der Waals surface area contributed by atoms with Crippen LogP contribution in [0.2, 0.25) is 5.02 Å². The smallest absolute Gasteiger partial charge is 0.242 e. The van der Waals surface area contributed by atoms with E-state index in [-0.39, 0.29) is 27.7 Å². The van der Waals surface area contributed by atoms with Crippen LogP contribution in [0, 0.1) is 5.92 Å². The van der Waals surface area contributed by atoms with Crippen LogP contribution in [0.1, 0.15) is 19.8 Å². The summed E-state index contributed by atoms with van der Waals surface area (Å²) >= 11 is 5.81. The predicted octanol–water partition coefficient (Wildman–Crippen LogP) is 1.41. The van der Waals surface area contributed by atoms with Gasteiger partial charge in [0.25, 0.3) is 0 Å². The lowest BCUT2D eigenvalue weighted by atomic mass is 9.94. The minimum Gasteiger partial charge on any atom is -0.382 e. The maximum Gasteiger partial charge on any atom is 0.242 e. The number of hydrogen-bond donors (Lipinski definition) is 2. The zero-order valence-electron chi connectivity index (χ0n) is 11.2. The van der Waals surface area contributed by atoms with E-state index < -0.39 is 10.0 Å². The molecule has 20 heavy (non-hydrogen) atoms. The molecular weight excluding hydrogens is 302 g/mol. The molecule has 0 spiro atoms. The summed E-state index contributed by atoms with van der Waals surface area (Å²) in [5.74, 6) is 0.388. The lowest BCUT2D eigenvalue weighted by Gasteiger charge is -2.28. The fourth-order valence-corrected chi connectivity index (χ4v) is 3.72. The molecule has 112 valence electrons. The van der Waals surface area contributed by atoms with Gasteiger partial charge in [-0.15, -0.1) is 0 Å². The van der Waals surface area contributed by atoms with E-state index in [0.717, 1.165) is 12.8 Å². The highest BCUT2D eigenvalue weighted by Gasteiger charge is 2.26. The van der Waals surface area contributed by atoms with Gasteiger partial charge in [-0.25, -0.2) is 18.1 Å². The van der Waals surface area contributed by atoms with Crippen LogP contribution in [0.3, 0.4) is 0 Å². The van der Waals surface area contributed by atoms with Crippen molar-refractivity contribution in [2.75, 3.05) is 18.9 Å². The minimum absolute atomic E-state index is 0.0237. The van der Waals surface area contributed by atoms with E-state index in [1.807, 2.05) is 6.92 Å². The molecule has 1 fully saturated rings. The number of anilines is 1. The average molecular weight is 320 g/mol. The molecule has 0 saturated carbocycles. The normalized spacial score (nSPS) is 18.9. The number of ether oxygens (including phenoxy) is 1. The van der Waals surface area contributed by atoms with E-state index in [4.69, 9.17) is 22.1 Å². The van der Waals surface area contributed by atoms with Gasteiger partial charge >= 0.3 is 0 Å². The number of rotatable bonds is 4. The van der Waals surface area contributed by atoms with Crippen molar-refractivity contribution in [2.45, 2.75) is 30.7 Å².